The van der Waals surface area contributed by atoms with Crippen LogP contribution in [0.15, 0.2) is 42.5 Å². The number of aromatic nitrogens is 2. The molecule has 8 nitrogen and oxygen atoms in total. The van der Waals surface area contributed by atoms with Crippen LogP contribution >= 0.6 is 11.6 Å². The molecule has 0 aliphatic carbocycles. The highest BCUT2D eigenvalue weighted by Crippen LogP contribution is 2.40. The zero-order valence-electron chi connectivity index (χ0n) is 17.8. The minimum absolute atomic E-state index is 0.156. The first-order chi connectivity index (χ1) is 15.6. The van der Waals surface area contributed by atoms with Gasteiger partial charge in [-0.1, -0.05) is 35.6 Å². The summed E-state index contributed by atoms with van der Waals surface area (Å²) in [7, 11) is 4.60. The van der Waals surface area contributed by atoms with Crippen LogP contribution in [0.5, 0.6) is 23.0 Å². The third-order valence-corrected chi connectivity index (χ3v) is 4.69. The van der Waals surface area contributed by atoms with Crippen molar-refractivity contribution in [1.82, 2.24) is 15.5 Å². The summed E-state index contributed by atoms with van der Waals surface area (Å²) < 4.78 is 21.5. The third kappa shape index (κ3) is 5.45. The van der Waals surface area contributed by atoms with Gasteiger partial charge in [0.05, 0.1) is 38.6 Å². The summed E-state index contributed by atoms with van der Waals surface area (Å²) in [5, 5.41) is 10.2. The number of methoxy groups -OCH3 is 3. The molecule has 2 aromatic carbocycles. The lowest BCUT2D eigenvalue weighted by Crippen LogP contribution is -2.24. The first-order valence-electron chi connectivity index (χ1n) is 9.54. The van der Waals surface area contributed by atoms with E-state index in [1.165, 1.54) is 21.3 Å². The predicted molar refractivity (Wildman–Crippen MR) is 121 cm³/mol. The minimum Gasteiger partial charge on any atom is -0.493 e. The predicted octanol–water partition coefficient (Wildman–Crippen LogP) is 3.57. The third-order valence-electron chi connectivity index (χ3n) is 4.38. The van der Waals surface area contributed by atoms with E-state index in [4.69, 9.17) is 30.5 Å². The number of aromatic amines is 1. The lowest BCUT2D eigenvalue weighted by Gasteiger charge is -2.13. The molecule has 0 spiro atoms. The molecule has 32 heavy (non-hydrogen) atoms. The highest BCUT2D eigenvalue weighted by Gasteiger charge is 2.17. The minimum atomic E-state index is -0.336. The van der Waals surface area contributed by atoms with Gasteiger partial charge in [-0.15, -0.1) is 0 Å². The van der Waals surface area contributed by atoms with E-state index >= 15 is 0 Å². The van der Waals surface area contributed by atoms with Crippen LogP contribution in [0.25, 0.3) is 11.3 Å². The quantitative estimate of drug-likeness (QED) is 0.504. The van der Waals surface area contributed by atoms with Gasteiger partial charge in [-0.3, -0.25) is 9.89 Å². The van der Waals surface area contributed by atoms with Gasteiger partial charge in [0.1, 0.15) is 18.1 Å². The summed E-state index contributed by atoms with van der Waals surface area (Å²) in [4.78, 5) is 12.4. The Balaban J connectivity index is 1.59. The molecule has 0 aliphatic rings. The van der Waals surface area contributed by atoms with Crippen LogP contribution in [0.3, 0.4) is 0 Å². The SMILES string of the molecule is COc1cc(-c2cc(C(=O)NCC#CCOc3ccccc3Cl)[nH]n2)cc(OC)c1OC. The molecule has 0 atom stereocenters. The van der Waals surface area contributed by atoms with E-state index < -0.39 is 0 Å². The smallest absolute Gasteiger partial charge is 0.270 e. The number of halogens is 1. The van der Waals surface area contributed by atoms with Crippen LogP contribution in [0.1, 0.15) is 10.5 Å². The summed E-state index contributed by atoms with van der Waals surface area (Å²) in [6.45, 7) is 0.318. The molecule has 1 heterocycles. The summed E-state index contributed by atoms with van der Waals surface area (Å²) in [6, 6.07) is 12.3. The fourth-order valence-corrected chi connectivity index (χ4v) is 3.01. The topological polar surface area (TPSA) is 94.7 Å². The molecular formula is C23H22ClN3O5. The number of carbonyl (C=O) groups excluding carboxylic acids is 1. The van der Waals surface area contributed by atoms with Crippen molar-refractivity contribution in [3.8, 4) is 46.1 Å². The van der Waals surface area contributed by atoms with Crippen LogP contribution < -0.4 is 24.3 Å². The maximum atomic E-state index is 12.4. The average Bonchev–Trinajstić information content (AvgIpc) is 3.31. The Kier molecular flexibility index (Phi) is 7.84. The number of amides is 1. The normalized spacial score (nSPS) is 10.0. The number of nitrogens with one attached hydrogen (secondary N) is 2. The first-order valence-corrected chi connectivity index (χ1v) is 9.92. The molecule has 3 rings (SSSR count). The van der Waals surface area contributed by atoms with Crippen molar-refractivity contribution < 1.29 is 23.7 Å². The maximum absolute atomic E-state index is 12.4. The number of ether oxygens (including phenoxy) is 4. The van der Waals surface area contributed by atoms with Crippen molar-refractivity contribution in [2.75, 3.05) is 34.5 Å². The lowest BCUT2D eigenvalue weighted by molar-refractivity contribution is 0.0953. The fraction of sp³-hybridized carbons (Fsp3) is 0.217. The van der Waals surface area contributed by atoms with E-state index in [-0.39, 0.29) is 19.1 Å². The van der Waals surface area contributed by atoms with E-state index in [9.17, 15) is 4.79 Å². The molecule has 0 fully saturated rings. The molecule has 1 aromatic heterocycles. The zero-order valence-corrected chi connectivity index (χ0v) is 18.6. The van der Waals surface area contributed by atoms with Crippen LogP contribution in [0.2, 0.25) is 5.02 Å². The second kappa shape index (κ2) is 11.0. The second-order valence-electron chi connectivity index (χ2n) is 6.34. The average molecular weight is 456 g/mol. The molecule has 3 aromatic rings. The molecule has 0 bridgehead atoms. The molecule has 0 saturated heterocycles. The monoisotopic (exact) mass is 455 g/mol. The van der Waals surface area contributed by atoms with Crippen molar-refractivity contribution >= 4 is 17.5 Å². The highest BCUT2D eigenvalue weighted by molar-refractivity contribution is 6.32. The van der Waals surface area contributed by atoms with E-state index in [1.807, 2.05) is 12.1 Å². The van der Waals surface area contributed by atoms with Crippen molar-refractivity contribution in [3.05, 3.63) is 53.2 Å². The van der Waals surface area contributed by atoms with E-state index in [0.717, 1.165) is 0 Å². The summed E-state index contributed by atoms with van der Waals surface area (Å²) in [6.07, 6.45) is 0. The van der Waals surface area contributed by atoms with E-state index in [0.29, 0.717) is 45.0 Å². The molecule has 9 heteroatoms. The Bertz CT molecular complexity index is 1120. The Morgan fingerprint density at radius 1 is 1.03 bits per heavy atom. The summed E-state index contributed by atoms with van der Waals surface area (Å²) in [5.41, 5.74) is 1.54. The van der Waals surface area contributed by atoms with Gasteiger partial charge in [-0.25, -0.2) is 0 Å². The number of hydrogen-bond acceptors (Lipinski definition) is 6. The molecule has 0 saturated carbocycles. The Labute approximate surface area is 190 Å². The molecule has 0 aliphatic heterocycles. The number of para-hydroxylation sites is 1. The Morgan fingerprint density at radius 3 is 2.41 bits per heavy atom. The van der Waals surface area contributed by atoms with Gasteiger partial charge in [-0.2, -0.15) is 5.10 Å². The molecule has 1 amide bonds. The maximum Gasteiger partial charge on any atom is 0.270 e. The molecule has 0 unspecified atom stereocenters. The van der Waals surface area contributed by atoms with Crippen molar-refractivity contribution in [2.24, 2.45) is 0 Å². The summed E-state index contributed by atoms with van der Waals surface area (Å²) >= 11 is 6.01. The van der Waals surface area contributed by atoms with Crippen LogP contribution in [0.4, 0.5) is 0 Å². The molecule has 0 radical (unpaired) electrons. The first kappa shape index (κ1) is 22.8. The van der Waals surface area contributed by atoms with Gasteiger partial charge in [0, 0.05) is 5.56 Å². The highest BCUT2D eigenvalue weighted by atomic mass is 35.5. The number of hydrogen-bond donors (Lipinski definition) is 2. The summed E-state index contributed by atoms with van der Waals surface area (Å²) in [5.74, 6) is 7.33. The van der Waals surface area contributed by atoms with Gasteiger partial charge in [0.2, 0.25) is 5.75 Å². The fourth-order valence-electron chi connectivity index (χ4n) is 2.82. The number of nitrogens with zero attached hydrogens (tertiary/aromatic N) is 1. The van der Waals surface area contributed by atoms with Crippen LogP contribution in [-0.2, 0) is 0 Å². The second-order valence-corrected chi connectivity index (χ2v) is 6.74. The Hall–Kier alpha value is -3.83. The van der Waals surface area contributed by atoms with Gasteiger partial charge < -0.3 is 24.3 Å². The number of benzene rings is 2. The standard InChI is InChI=1S/C23H22ClN3O5/c1-29-20-12-15(13-21(30-2)22(20)31-3)17-14-18(27-26-17)23(28)25-10-6-7-11-32-19-9-5-4-8-16(19)24/h4-5,8-9,12-14H,10-11H2,1-3H3,(H,25,28)(H,26,27). The van der Waals surface area contributed by atoms with Gasteiger partial charge in [0.15, 0.2) is 11.5 Å². The van der Waals surface area contributed by atoms with E-state index in [2.05, 4.69) is 27.4 Å². The molecule has 2 N–H and O–H groups in total. The molecular weight excluding hydrogens is 434 g/mol. The number of carbonyl (C=O) groups is 1. The van der Waals surface area contributed by atoms with E-state index in [1.54, 1.807) is 30.3 Å². The number of H-pyrrole nitrogens is 1. The van der Waals surface area contributed by atoms with Crippen molar-refractivity contribution in [2.45, 2.75) is 0 Å². The number of rotatable bonds is 8. The van der Waals surface area contributed by atoms with Crippen LogP contribution in [-0.4, -0.2) is 50.6 Å². The van der Waals surface area contributed by atoms with Gasteiger partial charge in [0.25, 0.3) is 5.91 Å². The molecule has 166 valence electrons. The van der Waals surface area contributed by atoms with Gasteiger partial charge >= 0.3 is 0 Å². The van der Waals surface area contributed by atoms with Crippen molar-refractivity contribution in [1.29, 1.82) is 0 Å². The van der Waals surface area contributed by atoms with Crippen molar-refractivity contribution in [3.63, 3.8) is 0 Å². The Morgan fingerprint density at radius 2 is 1.75 bits per heavy atom. The lowest BCUT2D eigenvalue weighted by atomic mass is 10.1. The van der Waals surface area contributed by atoms with Gasteiger partial charge in [-0.05, 0) is 30.3 Å². The van der Waals surface area contributed by atoms with Crippen LogP contribution in [0, 0.1) is 11.8 Å². The zero-order chi connectivity index (χ0) is 22.9. The largest absolute Gasteiger partial charge is 0.493 e.